The van der Waals surface area contributed by atoms with Crippen molar-refractivity contribution < 1.29 is 14.3 Å². The molecule has 0 aliphatic carbocycles. The first-order valence-corrected chi connectivity index (χ1v) is 9.29. The van der Waals surface area contributed by atoms with Gasteiger partial charge in [-0.05, 0) is 31.7 Å². The summed E-state index contributed by atoms with van der Waals surface area (Å²) in [5.41, 5.74) is 2.07. The van der Waals surface area contributed by atoms with Crippen LogP contribution in [0.1, 0.15) is 26.4 Å². The molecule has 8 nitrogen and oxygen atoms in total. The lowest BCUT2D eigenvalue weighted by molar-refractivity contribution is 0.0491. The van der Waals surface area contributed by atoms with Crippen molar-refractivity contribution >= 4 is 11.8 Å². The van der Waals surface area contributed by atoms with Crippen LogP contribution >= 0.6 is 0 Å². The van der Waals surface area contributed by atoms with Crippen LogP contribution in [0.2, 0.25) is 0 Å². The van der Waals surface area contributed by atoms with Crippen LogP contribution in [-0.2, 0) is 7.05 Å². The minimum atomic E-state index is -0.197. The Kier molecular flexibility index (Phi) is 5.99. The van der Waals surface area contributed by atoms with Crippen molar-refractivity contribution in [2.75, 3.05) is 40.3 Å². The Morgan fingerprint density at radius 1 is 1.29 bits per heavy atom. The second-order valence-electron chi connectivity index (χ2n) is 7.20. The zero-order chi connectivity index (χ0) is 20.3. The van der Waals surface area contributed by atoms with Gasteiger partial charge in [-0.3, -0.25) is 9.59 Å². The van der Waals surface area contributed by atoms with Crippen LogP contribution in [0.25, 0.3) is 0 Å². The number of nitrogens with zero attached hydrogens (tertiary/aromatic N) is 4. The summed E-state index contributed by atoms with van der Waals surface area (Å²) in [6, 6.07) is 5.38. The first kappa shape index (κ1) is 19.9. The number of nitrogens with one attached hydrogen (secondary N) is 1. The molecule has 0 saturated carbocycles. The summed E-state index contributed by atoms with van der Waals surface area (Å²) in [7, 11) is 5.40. The monoisotopic (exact) mass is 385 g/mol. The Hall–Kier alpha value is -2.87. The minimum Gasteiger partial charge on any atom is -0.496 e. The lowest BCUT2D eigenvalue weighted by Crippen LogP contribution is -2.57. The van der Waals surface area contributed by atoms with E-state index in [1.165, 1.54) is 6.20 Å². The van der Waals surface area contributed by atoms with Crippen molar-refractivity contribution in [1.82, 2.24) is 24.7 Å². The molecule has 0 radical (unpaired) electrons. The highest BCUT2D eigenvalue weighted by Crippen LogP contribution is 2.21. The fourth-order valence-electron chi connectivity index (χ4n) is 3.45. The van der Waals surface area contributed by atoms with Crippen LogP contribution in [0, 0.1) is 6.92 Å². The van der Waals surface area contributed by atoms with Crippen molar-refractivity contribution in [2.45, 2.75) is 13.0 Å². The number of methoxy groups -OCH3 is 1. The lowest BCUT2D eigenvalue weighted by atomic mass is 10.1. The van der Waals surface area contributed by atoms with Crippen LogP contribution in [-0.4, -0.2) is 77.5 Å². The summed E-state index contributed by atoms with van der Waals surface area (Å²) in [5, 5.41) is 2.94. The van der Waals surface area contributed by atoms with E-state index in [0.717, 1.165) is 12.1 Å². The van der Waals surface area contributed by atoms with Gasteiger partial charge in [-0.1, -0.05) is 6.07 Å². The van der Waals surface area contributed by atoms with E-state index in [1.54, 1.807) is 31.1 Å². The Morgan fingerprint density at radius 2 is 2.07 bits per heavy atom. The third kappa shape index (κ3) is 4.17. The zero-order valence-electron chi connectivity index (χ0n) is 16.8. The quantitative estimate of drug-likeness (QED) is 0.828. The molecule has 0 spiro atoms. The molecular weight excluding hydrogens is 358 g/mol. The molecule has 150 valence electrons. The van der Waals surface area contributed by atoms with Gasteiger partial charge in [-0.2, -0.15) is 0 Å². The van der Waals surface area contributed by atoms with Gasteiger partial charge in [0, 0.05) is 38.8 Å². The molecule has 2 aromatic rings. The number of carbonyl (C=O) groups excluding carboxylic acids is 2. The Morgan fingerprint density at radius 3 is 2.75 bits per heavy atom. The van der Waals surface area contributed by atoms with Crippen molar-refractivity contribution in [3.63, 3.8) is 0 Å². The van der Waals surface area contributed by atoms with Gasteiger partial charge in [0.05, 0.1) is 25.7 Å². The largest absolute Gasteiger partial charge is 0.496 e. The summed E-state index contributed by atoms with van der Waals surface area (Å²) in [6.45, 7) is 4.42. The number of carbonyl (C=O) groups is 2. The summed E-state index contributed by atoms with van der Waals surface area (Å²) < 4.78 is 7.02. The summed E-state index contributed by atoms with van der Waals surface area (Å²) in [5.74, 6) is 0.449. The normalized spacial score (nSPS) is 17.4. The second kappa shape index (κ2) is 8.43. The average Bonchev–Trinajstić information content (AvgIpc) is 3.12. The first-order chi connectivity index (χ1) is 13.4. The van der Waals surface area contributed by atoms with Crippen LogP contribution in [0.4, 0.5) is 0 Å². The van der Waals surface area contributed by atoms with E-state index in [9.17, 15) is 9.59 Å². The first-order valence-electron chi connectivity index (χ1n) is 9.29. The third-order valence-electron chi connectivity index (χ3n) is 5.15. The number of ether oxygens (including phenoxy) is 1. The Bertz CT molecular complexity index is 863. The molecule has 2 amide bonds. The summed E-state index contributed by atoms with van der Waals surface area (Å²) in [6.07, 6.45) is 3.12. The molecular formula is C20H27N5O3. The van der Waals surface area contributed by atoms with Crippen LogP contribution in [0.3, 0.4) is 0 Å². The van der Waals surface area contributed by atoms with Crippen molar-refractivity contribution in [3.05, 3.63) is 47.5 Å². The predicted molar refractivity (Wildman–Crippen MR) is 106 cm³/mol. The molecule has 1 fully saturated rings. The van der Waals surface area contributed by atoms with Crippen LogP contribution in [0.5, 0.6) is 5.75 Å². The Balaban J connectivity index is 1.73. The minimum absolute atomic E-state index is 0.0498. The number of imidazole rings is 1. The van der Waals surface area contributed by atoms with Gasteiger partial charge in [-0.15, -0.1) is 0 Å². The number of amides is 2. The summed E-state index contributed by atoms with van der Waals surface area (Å²) >= 11 is 0. The highest BCUT2D eigenvalue weighted by Gasteiger charge is 2.30. The third-order valence-corrected chi connectivity index (χ3v) is 5.15. The van der Waals surface area contributed by atoms with Crippen LogP contribution in [0.15, 0.2) is 30.7 Å². The number of benzene rings is 1. The smallest absolute Gasteiger partial charge is 0.269 e. The number of likely N-dealkylation sites (N-methyl/N-ethyl adjacent to an activating group) is 1. The number of piperazine rings is 1. The molecule has 1 aliphatic rings. The van der Waals surface area contributed by atoms with E-state index >= 15 is 0 Å². The zero-order valence-corrected chi connectivity index (χ0v) is 16.8. The maximum atomic E-state index is 13.1. The highest BCUT2D eigenvalue weighted by molar-refractivity contribution is 5.95. The topological polar surface area (TPSA) is 79.7 Å². The molecule has 8 heteroatoms. The van der Waals surface area contributed by atoms with Crippen molar-refractivity contribution in [1.29, 1.82) is 0 Å². The van der Waals surface area contributed by atoms with Gasteiger partial charge >= 0.3 is 0 Å². The number of hydrogen-bond donors (Lipinski definition) is 1. The SMILES string of the molecule is COc1cc(C(=O)N2CCN(C)CC2CNC(=O)c2cncn2C)ccc1C. The fraction of sp³-hybridized carbons (Fsp3) is 0.450. The number of hydrogen-bond acceptors (Lipinski definition) is 5. The number of aromatic nitrogens is 2. The lowest BCUT2D eigenvalue weighted by Gasteiger charge is -2.40. The van der Waals surface area contributed by atoms with Gasteiger partial charge in [-0.25, -0.2) is 4.98 Å². The van der Waals surface area contributed by atoms with E-state index < -0.39 is 0 Å². The number of aryl methyl sites for hydroxylation is 2. The Labute approximate surface area is 165 Å². The fourth-order valence-corrected chi connectivity index (χ4v) is 3.45. The van der Waals surface area contributed by atoms with Gasteiger partial charge < -0.3 is 24.4 Å². The molecule has 0 bridgehead atoms. The van der Waals surface area contributed by atoms with Crippen molar-refractivity contribution in [3.8, 4) is 5.75 Å². The van der Waals surface area contributed by atoms with Crippen LogP contribution < -0.4 is 10.1 Å². The molecule has 1 N–H and O–H groups in total. The van der Waals surface area contributed by atoms with E-state index in [4.69, 9.17) is 4.74 Å². The van der Waals surface area contributed by atoms with Gasteiger partial charge in [0.25, 0.3) is 11.8 Å². The maximum absolute atomic E-state index is 13.1. The van der Waals surface area contributed by atoms with E-state index in [-0.39, 0.29) is 17.9 Å². The molecule has 1 aromatic heterocycles. The molecule has 3 rings (SSSR count). The van der Waals surface area contributed by atoms with E-state index in [2.05, 4.69) is 15.2 Å². The molecule has 1 aromatic carbocycles. The molecule has 28 heavy (non-hydrogen) atoms. The molecule has 1 unspecified atom stereocenters. The van der Waals surface area contributed by atoms with E-state index in [0.29, 0.717) is 36.6 Å². The summed E-state index contributed by atoms with van der Waals surface area (Å²) in [4.78, 5) is 33.5. The van der Waals surface area contributed by atoms with Gasteiger partial charge in [0.1, 0.15) is 11.4 Å². The van der Waals surface area contributed by atoms with Crippen molar-refractivity contribution in [2.24, 2.45) is 7.05 Å². The molecule has 2 heterocycles. The average molecular weight is 385 g/mol. The molecule has 1 saturated heterocycles. The molecule has 1 aliphatic heterocycles. The van der Waals surface area contributed by atoms with E-state index in [1.807, 2.05) is 31.0 Å². The second-order valence-corrected chi connectivity index (χ2v) is 7.20. The molecule has 1 atom stereocenters. The maximum Gasteiger partial charge on any atom is 0.269 e. The van der Waals surface area contributed by atoms with Gasteiger partial charge in [0.15, 0.2) is 0 Å². The number of rotatable bonds is 5. The standard InChI is InChI=1S/C20H27N5O3/c1-14-5-6-15(9-18(14)28-4)20(27)25-8-7-23(2)12-16(25)10-22-19(26)17-11-21-13-24(17)3/h5-6,9,11,13,16H,7-8,10,12H2,1-4H3,(H,22,26). The highest BCUT2D eigenvalue weighted by atomic mass is 16.5. The van der Waals surface area contributed by atoms with Gasteiger partial charge in [0.2, 0.25) is 0 Å². The predicted octanol–water partition coefficient (Wildman–Crippen LogP) is 0.923.